The minimum absolute atomic E-state index is 0.174. The smallest absolute Gasteiger partial charge is 0.147 e. The Labute approximate surface area is 89.8 Å². The Bertz CT molecular complexity index is 343. The van der Waals surface area contributed by atoms with Crippen LogP contribution in [-0.2, 0) is 4.79 Å². The molecule has 1 unspecified atom stereocenters. The molecule has 4 heteroatoms. The molecule has 0 heterocycles. The number of carbonyl (C=O) groups is 1. The Morgan fingerprint density at radius 1 is 1.43 bits per heavy atom. The number of aldehydes is 1. The molecule has 0 bridgehead atoms. The molecular weight excluding hydrogens is 248 g/mol. The summed E-state index contributed by atoms with van der Waals surface area (Å²) >= 11 is 3.24. The van der Waals surface area contributed by atoms with Crippen molar-refractivity contribution in [2.24, 2.45) is 0 Å². The molecule has 1 aromatic rings. The van der Waals surface area contributed by atoms with Gasteiger partial charge in [-0.05, 0) is 17.7 Å². The largest absolute Gasteiger partial charge is 0.878 e. The molecule has 3 nitrogen and oxygen atoms in total. The summed E-state index contributed by atoms with van der Waals surface area (Å²) in [6, 6.07) is 6.74. The zero-order valence-corrected chi connectivity index (χ0v) is 8.77. The number of aliphatic hydroxyl groups excluding tert-OH is 1. The molecule has 0 amide bonds. The highest BCUT2D eigenvalue weighted by Crippen LogP contribution is 2.21. The van der Waals surface area contributed by atoms with Crippen LogP contribution in [-0.4, -0.2) is 11.4 Å². The van der Waals surface area contributed by atoms with Gasteiger partial charge in [-0.2, -0.15) is 0 Å². The Morgan fingerprint density at radius 3 is 2.43 bits per heavy atom. The average molecular weight is 256 g/mol. The lowest BCUT2D eigenvalue weighted by Crippen LogP contribution is -2.06. The predicted molar refractivity (Wildman–Crippen MR) is 53.2 cm³/mol. The van der Waals surface area contributed by atoms with Crippen molar-refractivity contribution in [1.82, 2.24) is 0 Å². The van der Waals surface area contributed by atoms with Crippen molar-refractivity contribution < 1.29 is 15.0 Å². The van der Waals surface area contributed by atoms with E-state index in [0.717, 1.165) is 4.47 Å². The first-order chi connectivity index (χ1) is 6.69. The molecule has 0 aliphatic carbocycles. The number of rotatable bonds is 3. The Morgan fingerprint density at radius 2 is 2.00 bits per heavy atom. The van der Waals surface area contributed by atoms with Crippen LogP contribution in [0.15, 0.2) is 40.6 Å². The molecule has 1 atom stereocenters. The normalized spacial score (nSPS) is 13.7. The van der Waals surface area contributed by atoms with Crippen molar-refractivity contribution in [3.8, 4) is 0 Å². The number of aliphatic hydroxyl groups is 1. The molecule has 14 heavy (non-hydrogen) atoms. The Hall–Kier alpha value is -1.13. The van der Waals surface area contributed by atoms with Gasteiger partial charge in [0.1, 0.15) is 12.4 Å². The summed E-state index contributed by atoms with van der Waals surface area (Å²) in [5, 5.41) is 19.9. The van der Waals surface area contributed by atoms with Gasteiger partial charge in [0.05, 0.1) is 0 Å². The van der Waals surface area contributed by atoms with Crippen molar-refractivity contribution >= 4 is 22.2 Å². The lowest BCUT2D eigenvalue weighted by atomic mass is 10.0. The summed E-state index contributed by atoms with van der Waals surface area (Å²) in [5.74, 6) is 0. The number of carbonyl (C=O) groups excluding carboxylic acids is 1. The van der Waals surface area contributed by atoms with Crippen LogP contribution in [0.25, 0.3) is 0 Å². The maximum absolute atomic E-state index is 10.4. The number of benzene rings is 1. The summed E-state index contributed by atoms with van der Waals surface area (Å²) in [7, 11) is 0. The topological polar surface area (TPSA) is 60.4 Å². The minimum Gasteiger partial charge on any atom is -0.878 e. The van der Waals surface area contributed by atoms with E-state index in [1.54, 1.807) is 24.3 Å². The summed E-state index contributed by atoms with van der Waals surface area (Å²) in [5.41, 5.74) is 0.342. The molecular formula is C10H8BrO3-. The fourth-order valence-corrected chi connectivity index (χ4v) is 1.26. The monoisotopic (exact) mass is 255 g/mol. The van der Waals surface area contributed by atoms with Crippen molar-refractivity contribution in [3.63, 3.8) is 0 Å². The number of halogens is 1. The van der Waals surface area contributed by atoms with Gasteiger partial charge in [0.15, 0.2) is 0 Å². The quantitative estimate of drug-likeness (QED) is 0.497. The third-order valence-electron chi connectivity index (χ3n) is 1.77. The summed E-state index contributed by atoms with van der Waals surface area (Å²) in [4.78, 5) is 10.4. The third kappa shape index (κ3) is 2.43. The molecule has 0 aliphatic heterocycles. The zero-order valence-electron chi connectivity index (χ0n) is 7.18. The van der Waals surface area contributed by atoms with Crippen LogP contribution in [0, 0.1) is 0 Å². The first-order valence-electron chi connectivity index (χ1n) is 3.89. The molecule has 0 aliphatic rings. The van der Waals surface area contributed by atoms with Crippen LogP contribution >= 0.6 is 15.9 Å². The van der Waals surface area contributed by atoms with Crippen molar-refractivity contribution in [1.29, 1.82) is 0 Å². The molecule has 0 spiro atoms. The van der Waals surface area contributed by atoms with E-state index in [9.17, 15) is 15.0 Å². The van der Waals surface area contributed by atoms with E-state index in [-0.39, 0.29) is 5.57 Å². The molecule has 0 saturated heterocycles. The number of hydrogen-bond donors (Lipinski definition) is 1. The van der Waals surface area contributed by atoms with Gasteiger partial charge in [0.25, 0.3) is 0 Å². The molecule has 0 aromatic heterocycles. The van der Waals surface area contributed by atoms with Crippen LogP contribution in [0.1, 0.15) is 11.7 Å². The minimum atomic E-state index is -1.14. The van der Waals surface area contributed by atoms with E-state index >= 15 is 0 Å². The maximum Gasteiger partial charge on any atom is 0.147 e. The zero-order chi connectivity index (χ0) is 10.6. The second kappa shape index (κ2) is 4.93. The first kappa shape index (κ1) is 10.9. The SMILES string of the molecule is O=C/C(=C\[O-])C(O)c1ccc(Br)cc1. The van der Waals surface area contributed by atoms with Crippen molar-refractivity contribution in [2.75, 3.05) is 0 Å². The van der Waals surface area contributed by atoms with Crippen molar-refractivity contribution in [2.45, 2.75) is 6.10 Å². The molecule has 74 valence electrons. The van der Waals surface area contributed by atoms with Crippen molar-refractivity contribution in [3.05, 3.63) is 46.1 Å². The van der Waals surface area contributed by atoms with Gasteiger partial charge in [0.2, 0.25) is 0 Å². The molecule has 1 rings (SSSR count). The van der Waals surface area contributed by atoms with E-state index < -0.39 is 6.10 Å². The lowest BCUT2D eigenvalue weighted by molar-refractivity contribution is -0.276. The van der Waals surface area contributed by atoms with Gasteiger partial charge in [-0.15, -0.1) is 6.26 Å². The highest BCUT2D eigenvalue weighted by Gasteiger charge is 2.10. The van der Waals surface area contributed by atoms with E-state index in [1.807, 2.05) is 0 Å². The average Bonchev–Trinajstić information content (AvgIpc) is 2.20. The molecule has 1 N–H and O–H groups in total. The number of hydrogen-bond acceptors (Lipinski definition) is 3. The van der Waals surface area contributed by atoms with E-state index in [2.05, 4.69) is 15.9 Å². The molecule has 0 saturated carbocycles. The molecule has 0 radical (unpaired) electrons. The van der Waals surface area contributed by atoms with E-state index in [0.29, 0.717) is 18.1 Å². The highest BCUT2D eigenvalue weighted by atomic mass is 79.9. The highest BCUT2D eigenvalue weighted by molar-refractivity contribution is 9.10. The van der Waals surface area contributed by atoms with Gasteiger partial charge < -0.3 is 10.2 Å². The molecule has 1 aromatic carbocycles. The van der Waals surface area contributed by atoms with E-state index in [1.165, 1.54) is 0 Å². The standard InChI is InChI=1S/C10H9BrO3/c11-9-3-1-7(2-4-9)10(14)8(5-12)6-13/h1-6,10,12,14H/p-1/b8-5+. The van der Waals surface area contributed by atoms with Gasteiger partial charge in [0, 0.05) is 10.0 Å². The van der Waals surface area contributed by atoms with Crippen LogP contribution < -0.4 is 5.11 Å². The second-order valence-corrected chi connectivity index (χ2v) is 3.61. The lowest BCUT2D eigenvalue weighted by Gasteiger charge is -2.12. The van der Waals surface area contributed by atoms with Crippen LogP contribution in [0.4, 0.5) is 0 Å². The second-order valence-electron chi connectivity index (χ2n) is 2.69. The first-order valence-corrected chi connectivity index (χ1v) is 4.69. The fraction of sp³-hybridized carbons (Fsp3) is 0.100. The van der Waals surface area contributed by atoms with Gasteiger partial charge in [-0.1, -0.05) is 28.1 Å². The summed E-state index contributed by atoms with van der Waals surface area (Å²) in [6.45, 7) is 0. The van der Waals surface area contributed by atoms with E-state index in [4.69, 9.17) is 0 Å². The van der Waals surface area contributed by atoms with Crippen LogP contribution in [0.3, 0.4) is 0 Å². The van der Waals surface area contributed by atoms with Crippen LogP contribution in [0.5, 0.6) is 0 Å². The van der Waals surface area contributed by atoms with Gasteiger partial charge in [-0.25, -0.2) is 0 Å². The fourth-order valence-electron chi connectivity index (χ4n) is 0.994. The summed E-state index contributed by atoms with van der Waals surface area (Å²) < 4.78 is 0.868. The Kier molecular flexibility index (Phi) is 3.85. The van der Waals surface area contributed by atoms with Gasteiger partial charge in [-0.3, -0.25) is 4.79 Å². The van der Waals surface area contributed by atoms with Crippen LogP contribution in [0.2, 0.25) is 0 Å². The molecule has 0 fully saturated rings. The summed E-state index contributed by atoms with van der Waals surface area (Å²) in [6.07, 6.45) is -0.419. The Balaban J connectivity index is 2.94. The third-order valence-corrected chi connectivity index (χ3v) is 2.30. The maximum atomic E-state index is 10.4. The predicted octanol–water partition coefficient (Wildman–Crippen LogP) is 0.926. The van der Waals surface area contributed by atoms with Gasteiger partial charge >= 0.3 is 0 Å².